The number of benzene rings is 1. The van der Waals surface area contributed by atoms with E-state index in [0.717, 1.165) is 14.7 Å². The van der Waals surface area contributed by atoms with E-state index in [0.29, 0.717) is 5.02 Å². The van der Waals surface area contributed by atoms with Crippen molar-refractivity contribution in [2.75, 3.05) is 7.11 Å². The van der Waals surface area contributed by atoms with Gasteiger partial charge in [-0.3, -0.25) is 19.8 Å². The number of hydrogen-bond donors (Lipinski definition) is 2. The Labute approximate surface area is 141 Å². The highest BCUT2D eigenvalue weighted by molar-refractivity contribution is 6.30. The van der Waals surface area contributed by atoms with Gasteiger partial charge in [0, 0.05) is 11.6 Å². The number of aromatic nitrogens is 3. The van der Waals surface area contributed by atoms with Gasteiger partial charge in [-0.05, 0) is 17.7 Å². The zero-order valence-corrected chi connectivity index (χ0v) is 14.0. The first-order valence-electron chi connectivity index (χ1n) is 7.14. The molecule has 0 fully saturated rings. The molecule has 0 bridgehead atoms. The van der Waals surface area contributed by atoms with Crippen LogP contribution in [0.25, 0.3) is 0 Å². The smallest absolute Gasteiger partial charge is 0.335 e. The second-order valence-electron chi connectivity index (χ2n) is 5.31. The number of rotatable bonds is 5. The third kappa shape index (κ3) is 3.83. The van der Waals surface area contributed by atoms with Gasteiger partial charge in [0.25, 0.3) is 0 Å². The molecule has 0 radical (unpaired) electrons. The van der Waals surface area contributed by atoms with Crippen LogP contribution in [0.3, 0.4) is 0 Å². The molecule has 9 heteroatoms. The number of esters is 1. The fourth-order valence-corrected chi connectivity index (χ4v) is 2.32. The van der Waals surface area contributed by atoms with Crippen molar-refractivity contribution in [3.63, 3.8) is 0 Å². The molecule has 2 N–H and O–H groups in total. The fraction of sp³-hybridized carbons (Fsp3) is 0.333. The first-order valence-corrected chi connectivity index (χ1v) is 7.52. The van der Waals surface area contributed by atoms with Crippen LogP contribution < -0.4 is 17.0 Å². The molecule has 0 saturated carbocycles. The molecule has 2 rings (SSSR count). The maximum absolute atomic E-state index is 12.5. The molecule has 0 saturated heterocycles. The SMILES string of the molecule is COC(=O)[C@@H](C)Cn1c(=O)[nH]c(=N)n(Cc2ccc(Cl)cc2)c1=O. The molecule has 128 valence electrons. The van der Waals surface area contributed by atoms with Crippen LogP contribution in [-0.4, -0.2) is 27.2 Å². The quantitative estimate of drug-likeness (QED) is 0.755. The predicted octanol–water partition coefficient (Wildman–Crippen LogP) is 0.328. The van der Waals surface area contributed by atoms with Crippen LogP contribution in [-0.2, 0) is 22.6 Å². The summed E-state index contributed by atoms with van der Waals surface area (Å²) in [6, 6.07) is 6.79. The zero-order valence-electron chi connectivity index (χ0n) is 13.2. The van der Waals surface area contributed by atoms with E-state index in [2.05, 4.69) is 9.72 Å². The molecule has 8 nitrogen and oxygen atoms in total. The van der Waals surface area contributed by atoms with Crippen molar-refractivity contribution in [3.05, 3.63) is 61.4 Å². The Bertz CT molecular complexity index is 911. The number of aromatic amines is 1. The lowest BCUT2D eigenvalue weighted by atomic mass is 10.2. The predicted molar refractivity (Wildman–Crippen MR) is 86.9 cm³/mol. The topological polar surface area (TPSA) is 110 Å². The minimum absolute atomic E-state index is 0.0955. The molecule has 0 aliphatic rings. The van der Waals surface area contributed by atoms with E-state index in [1.54, 1.807) is 31.2 Å². The van der Waals surface area contributed by atoms with Crippen LogP contribution in [0.2, 0.25) is 5.02 Å². The standard InChI is InChI=1S/C15H17ClN4O4/c1-9(12(21)24-2)7-20-14(22)18-13(17)19(15(20)23)8-10-3-5-11(16)6-4-10/h3-6,9H,7-8H2,1-2H3,(H2,17,18,22)/t9-/m0/s1. The molecular formula is C15H17ClN4O4. The molecule has 24 heavy (non-hydrogen) atoms. The largest absolute Gasteiger partial charge is 0.469 e. The van der Waals surface area contributed by atoms with E-state index < -0.39 is 23.3 Å². The summed E-state index contributed by atoms with van der Waals surface area (Å²) in [6.07, 6.45) is 0. The number of carbonyl (C=O) groups is 1. The first kappa shape index (κ1) is 17.7. The summed E-state index contributed by atoms with van der Waals surface area (Å²) < 4.78 is 6.59. The van der Waals surface area contributed by atoms with E-state index in [9.17, 15) is 14.4 Å². The van der Waals surface area contributed by atoms with Gasteiger partial charge in [-0.15, -0.1) is 0 Å². The number of nitrogens with one attached hydrogen (secondary N) is 2. The summed E-state index contributed by atoms with van der Waals surface area (Å²) in [5.74, 6) is -1.20. The van der Waals surface area contributed by atoms with Gasteiger partial charge in [0.1, 0.15) is 0 Å². The van der Waals surface area contributed by atoms with Gasteiger partial charge >= 0.3 is 17.3 Å². The molecule has 0 spiro atoms. The van der Waals surface area contributed by atoms with Crippen LogP contribution in [0.15, 0.2) is 33.9 Å². The number of nitrogens with zero attached hydrogens (tertiary/aromatic N) is 2. The number of ether oxygens (including phenoxy) is 1. The number of methoxy groups -OCH3 is 1. The molecule has 1 aromatic carbocycles. The van der Waals surface area contributed by atoms with E-state index >= 15 is 0 Å². The third-order valence-electron chi connectivity index (χ3n) is 3.52. The second kappa shape index (κ2) is 7.31. The van der Waals surface area contributed by atoms with Crippen molar-refractivity contribution in [2.45, 2.75) is 20.0 Å². The van der Waals surface area contributed by atoms with E-state index in [4.69, 9.17) is 17.0 Å². The molecule has 0 aliphatic carbocycles. The molecule has 0 unspecified atom stereocenters. The lowest BCUT2D eigenvalue weighted by Gasteiger charge is -2.13. The molecular weight excluding hydrogens is 336 g/mol. The number of halogens is 1. The third-order valence-corrected chi connectivity index (χ3v) is 3.77. The van der Waals surface area contributed by atoms with Crippen LogP contribution in [0.1, 0.15) is 12.5 Å². The Hall–Kier alpha value is -2.61. The van der Waals surface area contributed by atoms with Crippen LogP contribution in [0.5, 0.6) is 0 Å². The van der Waals surface area contributed by atoms with Gasteiger partial charge in [0.15, 0.2) is 0 Å². The highest BCUT2D eigenvalue weighted by Gasteiger charge is 2.17. The summed E-state index contributed by atoms with van der Waals surface area (Å²) in [6.45, 7) is 1.51. The van der Waals surface area contributed by atoms with Crippen molar-refractivity contribution in [2.24, 2.45) is 5.92 Å². The number of carbonyl (C=O) groups excluding carboxylic acids is 1. The van der Waals surface area contributed by atoms with Crippen molar-refractivity contribution in [1.29, 1.82) is 5.41 Å². The summed E-state index contributed by atoms with van der Waals surface area (Å²) in [4.78, 5) is 38.3. The molecule has 1 aromatic heterocycles. The Morgan fingerprint density at radius 1 is 1.29 bits per heavy atom. The molecule has 1 heterocycles. The number of H-pyrrole nitrogens is 1. The highest BCUT2D eigenvalue weighted by Crippen LogP contribution is 2.09. The van der Waals surface area contributed by atoms with Crippen molar-refractivity contribution >= 4 is 17.6 Å². The first-order chi connectivity index (χ1) is 11.3. The average Bonchev–Trinajstić information content (AvgIpc) is 2.56. The summed E-state index contributed by atoms with van der Waals surface area (Å²) in [5.41, 5.74) is -0.987. The van der Waals surface area contributed by atoms with Gasteiger partial charge in [-0.2, -0.15) is 0 Å². The second-order valence-corrected chi connectivity index (χ2v) is 5.75. The summed E-state index contributed by atoms with van der Waals surface area (Å²) >= 11 is 5.82. The van der Waals surface area contributed by atoms with Gasteiger partial charge in [0.2, 0.25) is 5.62 Å². The minimum atomic E-state index is -0.742. The summed E-state index contributed by atoms with van der Waals surface area (Å²) in [5, 5.41) is 8.38. The van der Waals surface area contributed by atoms with Gasteiger partial charge in [0.05, 0.1) is 19.6 Å². The lowest BCUT2D eigenvalue weighted by molar-refractivity contribution is -0.145. The van der Waals surface area contributed by atoms with E-state index in [1.807, 2.05) is 0 Å². The van der Waals surface area contributed by atoms with E-state index in [-0.39, 0.29) is 18.7 Å². The monoisotopic (exact) mass is 352 g/mol. The normalized spacial score (nSPS) is 12.0. The van der Waals surface area contributed by atoms with Crippen molar-refractivity contribution in [1.82, 2.24) is 14.1 Å². The maximum atomic E-state index is 12.5. The maximum Gasteiger partial charge on any atom is 0.335 e. The van der Waals surface area contributed by atoms with Crippen LogP contribution >= 0.6 is 11.6 Å². The van der Waals surface area contributed by atoms with Crippen molar-refractivity contribution < 1.29 is 9.53 Å². The van der Waals surface area contributed by atoms with Crippen LogP contribution in [0, 0.1) is 11.3 Å². The Kier molecular flexibility index (Phi) is 5.40. The molecule has 0 amide bonds. The molecule has 0 aliphatic heterocycles. The summed E-state index contributed by atoms with van der Waals surface area (Å²) in [7, 11) is 1.24. The highest BCUT2D eigenvalue weighted by atomic mass is 35.5. The zero-order chi connectivity index (χ0) is 17.9. The van der Waals surface area contributed by atoms with Gasteiger partial charge < -0.3 is 4.74 Å². The van der Waals surface area contributed by atoms with E-state index in [1.165, 1.54) is 7.11 Å². The average molecular weight is 353 g/mol. The number of hydrogen-bond acceptors (Lipinski definition) is 5. The van der Waals surface area contributed by atoms with Gasteiger partial charge in [-0.25, -0.2) is 14.2 Å². The minimum Gasteiger partial charge on any atom is -0.469 e. The van der Waals surface area contributed by atoms with Crippen molar-refractivity contribution in [3.8, 4) is 0 Å². The Balaban J connectivity index is 2.43. The molecule has 2 aromatic rings. The van der Waals surface area contributed by atoms with Gasteiger partial charge in [-0.1, -0.05) is 30.7 Å². The Morgan fingerprint density at radius 2 is 1.92 bits per heavy atom. The molecule has 1 atom stereocenters. The Morgan fingerprint density at radius 3 is 2.50 bits per heavy atom. The van der Waals surface area contributed by atoms with Crippen LogP contribution in [0.4, 0.5) is 0 Å². The fourth-order valence-electron chi connectivity index (χ4n) is 2.19. The lowest BCUT2D eigenvalue weighted by Crippen LogP contribution is -2.50.